The number of ether oxygens (including phenoxy) is 4. The molecule has 0 aliphatic carbocycles. The molecule has 0 radical (unpaired) electrons. The van der Waals surface area contributed by atoms with Crippen LogP contribution in [0.15, 0.2) is 86.9 Å². The third-order valence-electron chi connectivity index (χ3n) is 12.5. The van der Waals surface area contributed by atoms with Crippen LogP contribution in [-0.2, 0) is 73.6 Å². The van der Waals surface area contributed by atoms with Crippen LogP contribution in [0, 0.1) is 0 Å². The SMILES string of the molecule is CCCc1c2oc(C(=O)OC(C)OC(=O)[C@@H](N)CCCCN=C(C)N)cc(=O)c2cc2c(=O)ccn(CC)c12.CCCc1c2occc(=O)c2cc2c(=O)cc(C(=O)OC(C)OC(=O)[C@@H](N)CCCCN=C(C)N)n(CC)c12.O=C=O.O=C=O. The maximum absolute atomic E-state index is 13.2. The number of aliphatic imine (C=N–C) groups is 2. The van der Waals surface area contributed by atoms with E-state index in [1.807, 2.05) is 32.3 Å². The standard InChI is InChI=1S/2C28H36N4O7.2CO2/c1-5-9-18-25-19(14-20-23(33)11-13-37-26(18)20)24(34)15-22(32(25)6-2)28(36)39-17(4)38-27(35)21(30)10-7-8-12-31-16(3)29;1-5-9-18-25-19(22(33)11-13-32(25)6-2)14-20-23(34)15-24(39-26(18)20)28(36)38-17(4)37-27(35)21(30)10-7-8-12-31-16(3)29;2*2-1-3/h2*11,13-15,17,21H,5-10,12,30H2,1-4H3,(H2,29,31);;/t2*17?,21-;;/m00../s1. The Morgan fingerprint density at radius 1 is 0.595 bits per heavy atom. The average Bonchev–Trinajstić information content (AvgIpc) is 0.942. The van der Waals surface area contributed by atoms with E-state index in [9.17, 15) is 38.4 Å². The van der Waals surface area contributed by atoms with Crippen molar-refractivity contribution in [3.05, 3.63) is 112 Å². The zero-order valence-corrected chi connectivity index (χ0v) is 48.3. The fraction of sp³-hybridized carbons (Fsp3) is 0.448. The number of aromatic nitrogens is 2. The highest BCUT2D eigenvalue weighted by atomic mass is 16.7. The molecule has 0 amide bonds. The predicted molar refractivity (Wildman–Crippen MR) is 308 cm³/mol. The van der Waals surface area contributed by atoms with Crippen molar-refractivity contribution in [3.8, 4) is 0 Å². The first-order chi connectivity index (χ1) is 40.0. The van der Waals surface area contributed by atoms with Crippen LogP contribution in [0.4, 0.5) is 0 Å². The monoisotopic (exact) mass is 1170 g/mol. The second-order valence-corrected chi connectivity index (χ2v) is 18.9. The Morgan fingerprint density at radius 2 is 1.06 bits per heavy atom. The van der Waals surface area contributed by atoms with Crippen LogP contribution in [-0.4, -0.2) is 94.7 Å². The summed E-state index contributed by atoms with van der Waals surface area (Å²) in [4.78, 5) is 143. The first-order valence-corrected chi connectivity index (χ1v) is 27.1. The quantitative estimate of drug-likeness (QED) is 0.0157. The Hall–Kier alpha value is -9.22. The summed E-state index contributed by atoms with van der Waals surface area (Å²) in [6.45, 7) is 15.9. The number of nitrogens with zero attached hydrogens (tertiary/aromatic N) is 4. The van der Waals surface area contributed by atoms with Gasteiger partial charge >= 0.3 is 36.2 Å². The molecule has 4 heterocycles. The van der Waals surface area contributed by atoms with E-state index in [1.54, 1.807) is 24.6 Å². The minimum absolute atomic E-state index is 0.00655. The molecule has 4 aromatic heterocycles. The summed E-state index contributed by atoms with van der Waals surface area (Å²) in [5, 5.41) is 1.23. The van der Waals surface area contributed by atoms with E-state index in [1.165, 1.54) is 50.4 Å². The summed E-state index contributed by atoms with van der Waals surface area (Å²) >= 11 is 0. The maximum atomic E-state index is 13.2. The van der Waals surface area contributed by atoms with E-state index in [-0.39, 0.29) is 45.6 Å². The highest BCUT2D eigenvalue weighted by molar-refractivity contribution is 6.01. The van der Waals surface area contributed by atoms with Crippen molar-refractivity contribution in [3.63, 3.8) is 0 Å². The van der Waals surface area contributed by atoms with Crippen LogP contribution in [0.3, 0.4) is 0 Å². The third kappa shape index (κ3) is 19.2. The van der Waals surface area contributed by atoms with Gasteiger partial charge in [0.2, 0.25) is 18.3 Å². The van der Waals surface area contributed by atoms with E-state index in [0.717, 1.165) is 12.5 Å². The van der Waals surface area contributed by atoms with Crippen LogP contribution >= 0.6 is 0 Å². The molecule has 0 saturated carbocycles. The molecule has 4 atom stereocenters. The van der Waals surface area contributed by atoms with Crippen molar-refractivity contribution in [2.75, 3.05) is 13.1 Å². The number of unbranched alkanes of at least 4 members (excludes halogenated alkanes) is 2. The zero-order chi connectivity index (χ0) is 62.8. The number of hydrogen-bond acceptors (Lipinski definition) is 22. The Bertz CT molecular complexity index is 3660. The van der Waals surface area contributed by atoms with Gasteiger partial charge in [-0.1, -0.05) is 26.7 Å². The van der Waals surface area contributed by atoms with E-state index < -0.39 is 59.4 Å². The molecule has 0 aliphatic heterocycles. The minimum atomic E-state index is -1.27. The van der Waals surface area contributed by atoms with Crippen molar-refractivity contribution >= 4 is 91.6 Å². The summed E-state index contributed by atoms with van der Waals surface area (Å²) in [7, 11) is 0. The number of rotatable bonds is 24. The third-order valence-corrected chi connectivity index (χ3v) is 12.5. The van der Waals surface area contributed by atoms with Crippen molar-refractivity contribution in [2.24, 2.45) is 32.9 Å². The lowest BCUT2D eigenvalue weighted by atomic mass is 10.00. The first-order valence-electron chi connectivity index (χ1n) is 27.1. The smallest absolute Gasteiger partial charge is 0.377 e. The lowest BCUT2D eigenvalue weighted by Crippen LogP contribution is -2.36. The number of hydrogen-bond donors (Lipinski definition) is 4. The van der Waals surface area contributed by atoms with Crippen molar-refractivity contribution in [1.82, 2.24) is 9.13 Å². The van der Waals surface area contributed by atoms with E-state index in [2.05, 4.69) is 9.98 Å². The highest BCUT2D eigenvalue weighted by Gasteiger charge is 2.27. The summed E-state index contributed by atoms with van der Waals surface area (Å²) in [5.41, 5.74) is 24.5. The Balaban J connectivity index is 0.000000402. The molecular weight excluding hydrogens is 1100 g/mol. The van der Waals surface area contributed by atoms with Gasteiger partial charge in [0.05, 0.1) is 39.7 Å². The first kappa shape index (κ1) is 69.1. The molecule has 2 aromatic carbocycles. The van der Waals surface area contributed by atoms with Gasteiger partial charge in [-0.25, -0.2) is 9.59 Å². The molecule has 84 heavy (non-hydrogen) atoms. The molecule has 26 nitrogen and oxygen atoms in total. The molecule has 2 unspecified atom stereocenters. The van der Waals surface area contributed by atoms with E-state index in [0.29, 0.717) is 140 Å². The largest absolute Gasteiger partial charge is 0.464 e. The van der Waals surface area contributed by atoms with Crippen LogP contribution in [0.1, 0.15) is 139 Å². The molecular formula is C58H72N8O18. The molecule has 0 fully saturated rings. The van der Waals surface area contributed by atoms with Gasteiger partial charge in [-0.15, -0.1) is 0 Å². The molecule has 0 saturated heterocycles. The van der Waals surface area contributed by atoms with Gasteiger partial charge in [0, 0.05) is 92.4 Å². The number of nitrogens with two attached hydrogens (primary N) is 4. The van der Waals surface area contributed by atoms with E-state index >= 15 is 0 Å². The van der Waals surface area contributed by atoms with Gasteiger partial charge in [0.1, 0.15) is 28.9 Å². The molecule has 26 heteroatoms. The number of amidine groups is 2. The number of carbonyl (C=O) groups is 4. The number of esters is 4. The Labute approximate surface area is 481 Å². The Morgan fingerprint density at radius 3 is 1.55 bits per heavy atom. The van der Waals surface area contributed by atoms with Crippen LogP contribution in [0.25, 0.3) is 43.7 Å². The summed E-state index contributed by atoms with van der Waals surface area (Å²) < 4.78 is 36.2. The molecule has 0 aliphatic rings. The lowest BCUT2D eigenvalue weighted by molar-refractivity contribution is -0.193. The van der Waals surface area contributed by atoms with Gasteiger partial charge in [-0.05, 0) is 91.2 Å². The van der Waals surface area contributed by atoms with Gasteiger partial charge in [-0.2, -0.15) is 19.2 Å². The van der Waals surface area contributed by atoms with Gasteiger partial charge < -0.3 is 59.9 Å². The number of fused-ring (bicyclic) bond motifs is 4. The normalized spacial score (nSPS) is 12.6. The highest BCUT2D eigenvalue weighted by Crippen LogP contribution is 2.30. The molecule has 0 spiro atoms. The Kier molecular flexibility index (Phi) is 28.2. The zero-order valence-electron chi connectivity index (χ0n) is 48.3. The van der Waals surface area contributed by atoms with Crippen LogP contribution < -0.4 is 44.6 Å². The molecule has 6 aromatic rings. The topological polar surface area (TPSA) is 407 Å². The fourth-order valence-electron chi connectivity index (χ4n) is 8.86. The van der Waals surface area contributed by atoms with Gasteiger partial charge in [0.25, 0.3) is 0 Å². The molecule has 0 bridgehead atoms. The minimum Gasteiger partial charge on any atom is -0.464 e. The average molecular weight is 1170 g/mol. The molecule has 8 N–H and O–H groups in total. The van der Waals surface area contributed by atoms with Crippen molar-refractivity contribution in [1.29, 1.82) is 0 Å². The summed E-state index contributed by atoms with van der Waals surface area (Å²) in [6, 6.07) is 6.19. The van der Waals surface area contributed by atoms with Crippen LogP contribution in [0.2, 0.25) is 0 Å². The van der Waals surface area contributed by atoms with Crippen LogP contribution in [0.5, 0.6) is 0 Å². The second-order valence-electron chi connectivity index (χ2n) is 18.9. The summed E-state index contributed by atoms with van der Waals surface area (Å²) in [5.74, 6) is -2.58. The summed E-state index contributed by atoms with van der Waals surface area (Å²) in [6.07, 6.45) is 6.95. The number of pyridine rings is 2. The predicted octanol–water partition coefficient (Wildman–Crippen LogP) is 4.84. The van der Waals surface area contributed by atoms with Gasteiger partial charge in [-0.3, -0.25) is 38.8 Å². The fourth-order valence-corrected chi connectivity index (χ4v) is 8.86. The lowest BCUT2D eigenvalue weighted by Gasteiger charge is -2.20. The number of aryl methyl sites for hydroxylation is 4. The van der Waals surface area contributed by atoms with Crippen molar-refractivity contribution in [2.45, 2.75) is 157 Å². The molecule has 452 valence electrons. The molecule has 6 rings (SSSR count). The van der Waals surface area contributed by atoms with Crippen molar-refractivity contribution < 1.29 is 66.1 Å². The van der Waals surface area contributed by atoms with Gasteiger partial charge in [0.15, 0.2) is 21.7 Å². The maximum Gasteiger partial charge on any atom is 0.377 e. The number of carbonyl (C=O) groups excluding carboxylic acids is 8. The number of benzene rings is 2. The van der Waals surface area contributed by atoms with E-state index in [4.69, 9.17) is 69.9 Å². The second kappa shape index (κ2) is 34.3.